The van der Waals surface area contributed by atoms with Crippen LogP contribution in [0.5, 0.6) is 0 Å². The first kappa shape index (κ1) is 24.0. The molecule has 0 unspecified atom stereocenters. The summed E-state index contributed by atoms with van der Waals surface area (Å²) in [6.45, 7) is 5.35. The Kier molecular flexibility index (Phi) is 8.59. The lowest BCUT2D eigenvalue weighted by molar-refractivity contribution is -0.115. The number of pyridine rings is 1. The molecular formula is C26H42N6O. The molecule has 1 amide bonds. The number of piperidine rings is 1. The van der Waals surface area contributed by atoms with Gasteiger partial charge in [0.05, 0.1) is 0 Å². The molecule has 1 aromatic rings. The Morgan fingerprint density at radius 1 is 0.970 bits per heavy atom. The molecule has 0 atom stereocenters. The molecule has 0 spiro atoms. The Balaban J connectivity index is 1.30. The highest BCUT2D eigenvalue weighted by atomic mass is 16.1. The number of nitrogens with one attached hydrogen (secondary N) is 3. The summed E-state index contributed by atoms with van der Waals surface area (Å²) >= 11 is 0. The van der Waals surface area contributed by atoms with Crippen LogP contribution in [0.25, 0.3) is 0 Å². The smallest absolute Gasteiger partial charge is 0.270 e. The predicted molar refractivity (Wildman–Crippen MR) is 135 cm³/mol. The number of hydrogen-bond acceptors (Lipinski definition) is 6. The maximum absolute atomic E-state index is 12.9. The van der Waals surface area contributed by atoms with Gasteiger partial charge in [0.15, 0.2) is 0 Å². The second-order valence-electron chi connectivity index (χ2n) is 10.1. The third-order valence-electron chi connectivity index (χ3n) is 7.71. The summed E-state index contributed by atoms with van der Waals surface area (Å²) in [5.74, 6) is 2.12. The summed E-state index contributed by atoms with van der Waals surface area (Å²) in [6.07, 6.45) is 13.8. The van der Waals surface area contributed by atoms with E-state index in [1.54, 1.807) is 0 Å². The fourth-order valence-corrected chi connectivity index (χ4v) is 5.69. The summed E-state index contributed by atoms with van der Waals surface area (Å²) in [6, 6.07) is 4.00. The number of amides is 1. The van der Waals surface area contributed by atoms with E-state index in [0.29, 0.717) is 11.4 Å². The zero-order valence-corrected chi connectivity index (χ0v) is 20.4. The van der Waals surface area contributed by atoms with Crippen molar-refractivity contribution in [2.45, 2.75) is 76.7 Å². The van der Waals surface area contributed by atoms with Crippen molar-refractivity contribution in [1.29, 1.82) is 5.41 Å². The standard InChI is InChI=1S/C26H42N6O/c1-28-25-22(11-12-23(30-25)32-15-7-2-3-8-16-32)24(27)26(33)29-21-13-17-31(18-14-21)19-20-9-5-4-6-10-20/h11-12,20-21,27H,2-10,13-19H2,1H3,(H,28,30)(H,29,33). The van der Waals surface area contributed by atoms with Crippen molar-refractivity contribution < 1.29 is 4.79 Å². The van der Waals surface area contributed by atoms with Crippen LogP contribution in [0, 0.1) is 11.3 Å². The monoisotopic (exact) mass is 454 g/mol. The number of likely N-dealkylation sites (tertiary alicyclic amines) is 1. The van der Waals surface area contributed by atoms with E-state index in [9.17, 15) is 4.79 Å². The van der Waals surface area contributed by atoms with E-state index in [-0.39, 0.29) is 17.7 Å². The minimum absolute atomic E-state index is 0.00102. The van der Waals surface area contributed by atoms with Crippen LogP contribution < -0.4 is 15.5 Å². The molecule has 33 heavy (non-hydrogen) atoms. The highest BCUT2D eigenvalue weighted by Gasteiger charge is 2.26. The van der Waals surface area contributed by atoms with Gasteiger partial charge in [-0.2, -0.15) is 0 Å². The molecule has 3 N–H and O–H groups in total. The van der Waals surface area contributed by atoms with Gasteiger partial charge in [-0.1, -0.05) is 32.1 Å². The van der Waals surface area contributed by atoms with Crippen LogP contribution in [-0.2, 0) is 4.79 Å². The van der Waals surface area contributed by atoms with Gasteiger partial charge in [-0.05, 0) is 56.6 Å². The SMILES string of the molecule is CNc1nc(N2CCCCCC2)ccc1C(=N)C(=O)NC1CCN(CC2CCCCC2)CC1. The highest BCUT2D eigenvalue weighted by molar-refractivity contribution is 6.45. The predicted octanol–water partition coefficient (Wildman–Crippen LogP) is 4.03. The maximum Gasteiger partial charge on any atom is 0.270 e. The van der Waals surface area contributed by atoms with Crippen molar-refractivity contribution in [2.75, 3.05) is 50.0 Å². The molecule has 2 saturated heterocycles. The highest BCUT2D eigenvalue weighted by Crippen LogP contribution is 2.26. The summed E-state index contributed by atoms with van der Waals surface area (Å²) in [5, 5.41) is 14.8. The molecule has 7 nitrogen and oxygen atoms in total. The molecule has 1 saturated carbocycles. The van der Waals surface area contributed by atoms with Gasteiger partial charge >= 0.3 is 0 Å². The summed E-state index contributed by atoms with van der Waals surface area (Å²) in [5.41, 5.74) is 0.571. The van der Waals surface area contributed by atoms with Crippen LogP contribution in [0.15, 0.2) is 12.1 Å². The molecule has 4 rings (SSSR count). The molecule has 0 bridgehead atoms. The zero-order chi connectivity index (χ0) is 23.0. The van der Waals surface area contributed by atoms with E-state index in [1.807, 2.05) is 19.2 Å². The minimum atomic E-state index is -0.290. The zero-order valence-electron chi connectivity index (χ0n) is 20.4. The molecule has 7 heteroatoms. The lowest BCUT2D eigenvalue weighted by Crippen LogP contribution is -2.47. The normalized spacial score (nSPS) is 21.4. The Hall–Kier alpha value is -2.15. The van der Waals surface area contributed by atoms with Crippen molar-refractivity contribution in [1.82, 2.24) is 15.2 Å². The molecule has 0 aromatic carbocycles. The fourth-order valence-electron chi connectivity index (χ4n) is 5.69. The van der Waals surface area contributed by atoms with E-state index in [0.717, 1.165) is 50.8 Å². The third kappa shape index (κ3) is 6.46. The molecular weight excluding hydrogens is 412 g/mol. The Morgan fingerprint density at radius 2 is 1.64 bits per heavy atom. The average molecular weight is 455 g/mol. The van der Waals surface area contributed by atoms with Crippen LogP contribution in [0.3, 0.4) is 0 Å². The first-order valence-corrected chi connectivity index (χ1v) is 13.2. The number of hydrogen-bond donors (Lipinski definition) is 3. The molecule has 1 aliphatic carbocycles. The number of carbonyl (C=O) groups excluding carboxylic acids is 1. The van der Waals surface area contributed by atoms with E-state index < -0.39 is 0 Å². The Labute approximate surface area is 199 Å². The van der Waals surface area contributed by atoms with Crippen molar-refractivity contribution in [3.05, 3.63) is 17.7 Å². The van der Waals surface area contributed by atoms with Gasteiger partial charge in [-0.15, -0.1) is 0 Å². The number of aromatic nitrogens is 1. The molecule has 182 valence electrons. The van der Waals surface area contributed by atoms with Gasteiger partial charge in [-0.3, -0.25) is 10.2 Å². The summed E-state index contributed by atoms with van der Waals surface area (Å²) in [4.78, 5) is 22.6. The van der Waals surface area contributed by atoms with Gasteiger partial charge in [0.1, 0.15) is 17.3 Å². The molecule has 3 heterocycles. The van der Waals surface area contributed by atoms with Crippen LogP contribution in [-0.4, -0.2) is 67.3 Å². The van der Waals surface area contributed by atoms with Gasteiger partial charge in [-0.25, -0.2) is 4.98 Å². The maximum atomic E-state index is 12.9. The quantitative estimate of drug-likeness (QED) is 0.542. The van der Waals surface area contributed by atoms with Gasteiger partial charge in [0, 0.05) is 51.4 Å². The Bertz CT molecular complexity index is 790. The molecule has 0 radical (unpaired) electrons. The summed E-state index contributed by atoms with van der Waals surface area (Å²) < 4.78 is 0. The number of rotatable bonds is 7. The summed E-state index contributed by atoms with van der Waals surface area (Å²) in [7, 11) is 1.81. The minimum Gasteiger partial charge on any atom is -0.373 e. The van der Waals surface area contributed by atoms with E-state index in [4.69, 9.17) is 10.4 Å². The molecule has 3 fully saturated rings. The molecule has 2 aliphatic heterocycles. The number of carbonyl (C=O) groups is 1. The second kappa shape index (κ2) is 11.8. The van der Waals surface area contributed by atoms with Crippen molar-refractivity contribution in [3.8, 4) is 0 Å². The lowest BCUT2D eigenvalue weighted by atomic mass is 9.88. The van der Waals surface area contributed by atoms with Gasteiger partial charge in [0.25, 0.3) is 5.91 Å². The van der Waals surface area contributed by atoms with Gasteiger partial charge in [0.2, 0.25) is 0 Å². The van der Waals surface area contributed by atoms with Crippen molar-refractivity contribution in [2.24, 2.45) is 5.92 Å². The number of nitrogens with zero attached hydrogens (tertiary/aromatic N) is 3. The van der Waals surface area contributed by atoms with Gasteiger partial charge < -0.3 is 20.4 Å². The van der Waals surface area contributed by atoms with Crippen LogP contribution >= 0.6 is 0 Å². The van der Waals surface area contributed by atoms with E-state index in [2.05, 4.69) is 20.4 Å². The first-order valence-electron chi connectivity index (χ1n) is 13.2. The Morgan fingerprint density at radius 3 is 2.30 bits per heavy atom. The fraction of sp³-hybridized carbons (Fsp3) is 0.731. The second-order valence-corrected chi connectivity index (χ2v) is 10.1. The van der Waals surface area contributed by atoms with E-state index >= 15 is 0 Å². The molecule has 1 aromatic heterocycles. The average Bonchev–Trinajstić information content (AvgIpc) is 3.15. The first-order chi connectivity index (χ1) is 16.1. The third-order valence-corrected chi connectivity index (χ3v) is 7.71. The largest absolute Gasteiger partial charge is 0.373 e. The van der Waals surface area contributed by atoms with Crippen molar-refractivity contribution >= 4 is 23.3 Å². The topological polar surface area (TPSA) is 84.4 Å². The van der Waals surface area contributed by atoms with E-state index in [1.165, 1.54) is 64.3 Å². The number of anilines is 2. The van der Waals surface area contributed by atoms with Crippen molar-refractivity contribution in [3.63, 3.8) is 0 Å². The lowest BCUT2D eigenvalue weighted by Gasteiger charge is -2.35. The molecule has 3 aliphatic rings. The van der Waals surface area contributed by atoms with Crippen LogP contribution in [0.2, 0.25) is 0 Å². The van der Waals surface area contributed by atoms with Crippen LogP contribution in [0.1, 0.15) is 76.2 Å². The van der Waals surface area contributed by atoms with Crippen LogP contribution in [0.4, 0.5) is 11.6 Å².